The van der Waals surface area contributed by atoms with Gasteiger partial charge < -0.3 is 24.4 Å². The van der Waals surface area contributed by atoms with Crippen LogP contribution in [0.3, 0.4) is 0 Å². The largest absolute Gasteiger partial charge is 0.488 e. The minimum Gasteiger partial charge on any atom is -0.488 e. The van der Waals surface area contributed by atoms with E-state index >= 15 is 0 Å². The molecule has 0 atom stereocenters. The van der Waals surface area contributed by atoms with Gasteiger partial charge in [-0.05, 0) is 43.9 Å². The summed E-state index contributed by atoms with van der Waals surface area (Å²) in [5.41, 5.74) is 0.920. The Morgan fingerprint density at radius 1 is 1.27 bits per heavy atom. The number of rotatable bonds is 11. The summed E-state index contributed by atoms with van der Waals surface area (Å²) in [6.07, 6.45) is 0.655. The molecule has 0 bridgehead atoms. The third kappa shape index (κ3) is 10.2. The second kappa shape index (κ2) is 15.6. The van der Waals surface area contributed by atoms with Gasteiger partial charge in [-0.2, -0.15) is 0 Å². The van der Waals surface area contributed by atoms with Crippen molar-refractivity contribution in [2.24, 2.45) is 4.99 Å². The first-order valence-electron chi connectivity index (χ1n) is 10.3. The Balaban J connectivity index is 0.00000450. The van der Waals surface area contributed by atoms with Crippen LogP contribution < -0.4 is 10.1 Å². The number of alkyl halides is 2. The van der Waals surface area contributed by atoms with Crippen LogP contribution in [0.4, 0.5) is 8.78 Å². The Labute approximate surface area is 195 Å². The SMILES string of the molecule is CCNC(=NCc1cccc(OCC(F)F)c1)N1CCC(OCCCOC)CC1.I. The van der Waals surface area contributed by atoms with Crippen LogP contribution in [-0.4, -0.2) is 70.0 Å². The highest BCUT2D eigenvalue weighted by Crippen LogP contribution is 2.17. The van der Waals surface area contributed by atoms with E-state index in [1.54, 1.807) is 25.3 Å². The third-order valence-electron chi connectivity index (χ3n) is 4.61. The number of hydrogen-bond acceptors (Lipinski definition) is 4. The lowest BCUT2D eigenvalue weighted by Crippen LogP contribution is -2.47. The monoisotopic (exact) mass is 541 g/mol. The lowest BCUT2D eigenvalue weighted by atomic mass is 10.1. The van der Waals surface area contributed by atoms with Gasteiger partial charge in [0.25, 0.3) is 6.43 Å². The predicted octanol–water partition coefficient (Wildman–Crippen LogP) is 3.93. The van der Waals surface area contributed by atoms with Gasteiger partial charge in [0.15, 0.2) is 5.96 Å². The van der Waals surface area contributed by atoms with Crippen molar-refractivity contribution in [3.8, 4) is 5.75 Å². The lowest BCUT2D eigenvalue weighted by Gasteiger charge is -2.34. The van der Waals surface area contributed by atoms with Crippen LogP contribution in [0.15, 0.2) is 29.3 Å². The van der Waals surface area contributed by atoms with Crippen molar-refractivity contribution in [1.82, 2.24) is 10.2 Å². The van der Waals surface area contributed by atoms with Crippen molar-refractivity contribution in [3.05, 3.63) is 29.8 Å². The summed E-state index contributed by atoms with van der Waals surface area (Å²) in [6.45, 7) is 5.92. The molecule has 0 aliphatic carbocycles. The van der Waals surface area contributed by atoms with E-state index in [4.69, 9.17) is 19.2 Å². The highest BCUT2D eigenvalue weighted by atomic mass is 127. The van der Waals surface area contributed by atoms with Gasteiger partial charge in [0.1, 0.15) is 12.4 Å². The average Bonchev–Trinajstić information content (AvgIpc) is 2.73. The van der Waals surface area contributed by atoms with Crippen molar-refractivity contribution in [3.63, 3.8) is 0 Å². The summed E-state index contributed by atoms with van der Waals surface area (Å²) >= 11 is 0. The van der Waals surface area contributed by atoms with E-state index in [1.165, 1.54) is 0 Å². The fourth-order valence-corrected chi connectivity index (χ4v) is 3.17. The van der Waals surface area contributed by atoms with Crippen molar-refractivity contribution in [2.75, 3.05) is 46.6 Å². The number of guanidine groups is 1. The van der Waals surface area contributed by atoms with Crippen LogP contribution in [0.2, 0.25) is 0 Å². The standard InChI is InChI=1S/C21H33F2N3O3.HI/c1-3-24-21(26-10-8-18(9-11-26)28-13-5-12-27-2)25-15-17-6-4-7-19(14-17)29-16-20(22)23;/h4,6-7,14,18,20H,3,5,8-13,15-16H2,1-2H3,(H,24,25);1H. The zero-order chi connectivity index (χ0) is 20.9. The molecule has 1 aromatic carbocycles. The summed E-state index contributed by atoms with van der Waals surface area (Å²) in [7, 11) is 1.70. The smallest absolute Gasteiger partial charge is 0.272 e. The van der Waals surface area contributed by atoms with Crippen LogP contribution >= 0.6 is 24.0 Å². The predicted molar refractivity (Wildman–Crippen MR) is 125 cm³/mol. The van der Waals surface area contributed by atoms with Gasteiger partial charge in [0.05, 0.1) is 12.6 Å². The van der Waals surface area contributed by atoms with Crippen molar-refractivity contribution < 1.29 is 23.0 Å². The van der Waals surface area contributed by atoms with Crippen LogP contribution in [0, 0.1) is 0 Å². The molecule has 0 amide bonds. The Morgan fingerprint density at radius 2 is 2.03 bits per heavy atom. The zero-order valence-corrected chi connectivity index (χ0v) is 20.1. The Kier molecular flexibility index (Phi) is 13.9. The van der Waals surface area contributed by atoms with Gasteiger partial charge >= 0.3 is 0 Å². The summed E-state index contributed by atoms with van der Waals surface area (Å²) < 4.78 is 40.7. The second-order valence-electron chi connectivity index (χ2n) is 6.92. The molecule has 0 unspecified atom stereocenters. The Bertz CT molecular complexity index is 615. The van der Waals surface area contributed by atoms with E-state index in [0.29, 0.717) is 12.3 Å². The summed E-state index contributed by atoms with van der Waals surface area (Å²) in [6, 6.07) is 7.15. The van der Waals surface area contributed by atoms with Gasteiger partial charge in [0.2, 0.25) is 0 Å². The lowest BCUT2D eigenvalue weighted by molar-refractivity contribution is 0.00990. The van der Waals surface area contributed by atoms with Crippen molar-refractivity contribution in [1.29, 1.82) is 0 Å². The Morgan fingerprint density at radius 3 is 2.70 bits per heavy atom. The number of halogens is 3. The summed E-state index contributed by atoms with van der Waals surface area (Å²) in [5, 5.41) is 3.34. The number of methoxy groups -OCH3 is 1. The van der Waals surface area contributed by atoms with Crippen LogP contribution in [0.5, 0.6) is 5.75 Å². The molecule has 1 aliphatic rings. The normalized spacial score (nSPS) is 15.2. The minimum atomic E-state index is -2.48. The molecule has 9 heteroatoms. The molecule has 1 fully saturated rings. The number of nitrogens with one attached hydrogen (secondary N) is 1. The van der Waals surface area contributed by atoms with Crippen molar-refractivity contribution >= 4 is 29.9 Å². The molecular formula is C21H34F2IN3O3. The number of nitrogens with zero attached hydrogens (tertiary/aromatic N) is 2. The van der Waals surface area contributed by atoms with E-state index in [-0.39, 0.29) is 30.1 Å². The van der Waals surface area contributed by atoms with E-state index < -0.39 is 13.0 Å². The van der Waals surface area contributed by atoms with E-state index in [2.05, 4.69) is 10.2 Å². The van der Waals surface area contributed by atoms with Gasteiger partial charge in [-0.25, -0.2) is 13.8 Å². The van der Waals surface area contributed by atoms with Crippen LogP contribution in [-0.2, 0) is 16.0 Å². The van der Waals surface area contributed by atoms with Gasteiger partial charge in [0, 0.05) is 40.0 Å². The van der Waals surface area contributed by atoms with E-state index in [1.807, 2.05) is 13.0 Å². The number of aliphatic imine (C=N–C) groups is 1. The van der Waals surface area contributed by atoms with Crippen LogP contribution in [0.1, 0.15) is 31.7 Å². The molecule has 2 rings (SSSR count). The van der Waals surface area contributed by atoms with E-state index in [9.17, 15) is 8.78 Å². The number of hydrogen-bond donors (Lipinski definition) is 1. The number of piperidine rings is 1. The third-order valence-corrected chi connectivity index (χ3v) is 4.61. The molecule has 1 heterocycles. The first kappa shape index (κ1) is 26.8. The fraction of sp³-hybridized carbons (Fsp3) is 0.667. The van der Waals surface area contributed by atoms with Gasteiger partial charge in [-0.3, -0.25) is 0 Å². The zero-order valence-electron chi connectivity index (χ0n) is 17.8. The summed E-state index contributed by atoms with van der Waals surface area (Å²) in [4.78, 5) is 6.97. The van der Waals surface area contributed by atoms with Gasteiger partial charge in [-0.15, -0.1) is 24.0 Å². The molecule has 30 heavy (non-hydrogen) atoms. The molecule has 1 N–H and O–H groups in total. The van der Waals surface area contributed by atoms with Gasteiger partial charge in [-0.1, -0.05) is 12.1 Å². The van der Waals surface area contributed by atoms with Crippen molar-refractivity contribution in [2.45, 2.75) is 45.3 Å². The first-order valence-corrected chi connectivity index (χ1v) is 10.3. The molecule has 1 aliphatic heterocycles. The molecule has 0 radical (unpaired) electrons. The minimum absolute atomic E-state index is 0. The average molecular weight is 541 g/mol. The quantitative estimate of drug-likeness (QED) is 0.199. The summed E-state index contributed by atoms with van der Waals surface area (Å²) in [5.74, 6) is 1.30. The Hall–Kier alpha value is -1.20. The van der Waals surface area contributed by atoms with Crippen LogP contribution in [0.25, 0.3) is 0 Å². The number of likely N-dealkylation sites (tertiary alicyclic amines) is 1. The molecule has 1 saturated heterocycles. The maximum Gasteiger partial charge on any atom is 0.272 e. The maximum atomic E-state index is 12.3. The molecular weight excluding hydrogens is 507 g/mol. The highest BCUT2D eigenvalue weighted by molar-refractivity contribution is 14.0. The van der Waals surface area contributed by atoms with E-state index in [0.717, 1.165) is 63.6 Å². The molecule has 0 spiro atoms. The fourth-order valence-electron chi connectivity index (χ4n) is 3.17. The number of ether oxygens (including phenoxy) is 3. The topological polar surface area (TPSA) is 55.3 Å². The molecule has 0 saturated carbocycles. The molecule has 1 aromatic rings. The second-order valence-corrected chi connectivity index (χ2v) is 6.92. The number of benzene rings is 1. The molecule has 6 nitrogen and oxygen atoms in total. The molecule has 172 valence electrons. The molecule has 0 aromatic heterocycles. The first-order chi connectivity index (χ1) is 14.1. The highest BCUT2D eigenvalue weighted by Gasteiger charge is 2.21. The maximum absolute atomic E-state index is 12.3.